The van der Waals surface area contributed by atoms with Crippen molar-refractivity contribution < 1.29 is 4.74 Å². The Hall–Kier alpha value is -0.120. The summed E-state index contributed by atoms with van der Waals surface area (Å²) in [6, 6.07) is 1.17. The van der Waals surface area contributed by atoms with Gasteiger partial charge in [0.15, 0.2) is 0 Å². The van der Waals surface area contributed by atoms with Gasteiger partial charge in [-0.1, -0.05) is 13.8 Å². The summed E-state index contributed by atoms with van der Waals surface area (Å²) < 4.78 is 5.40. The monoisotopic (exact) mass is 268 g/mol. The lowest BCUT2D eigenvalue weighted by Gasteiger charge is -2.51. The third-order valence-electron chi connectivity index (χ3n) is 4.97. The van der Waals surface area contributed by atoms with E-state index in [0.717, 1.165) is 25.0 Å². The van der Waals surface area contributed by atoms with Crippen molar-refractivity contribution in [3.8, 4) is 0 Å². The fraction of sp³-hybridized carbons (Fsp3) is 1.00. The maximum atomic E-state index is 5.40. The van der Waals surface area contributed by atoms with Gasteiger partial charge in [0, 0.05) is 37.8 Å². The lowest BCUT2D eigenvalue weighted by atomic mass is 9.86. The van der Waals surface area contributed by atoms with Crippen LogP contribution < -0.4 is 5.32 Å². The molecule has 112 valence electrons. The van der Waals surface area contributed by atoms with Gasteiger partial charge in [-0.25, -0.2) is 0 Å². The summed E-state index contributed by atoms with van der Waals surface area (Å²) in [5.41, 5.74) is 0.339. The Morgan fingerprint density at radius 2 is 2.00 bits per heavy atom. The summed E-state index contributed by atoms with van der Waals surface area (Å²) in [5.74, 6) is 1.65. The first-order valence-electron chi connectivity index (χ1n) is 7.96. The first kappa shape index (κ1) is 15.3. The highest BCUT2D eigenvalue weighted by Crippen LogP contribution is 2.44. The Balaban J connectivity index is 2.05. The third-order valence-corrected chi connectivity index (χ3v) is 4.97. The molecule has 2 aliphatic rings. The Bertz CT molecular complexity index is 290. The van der Waals surface area contributed by atoms with E-state index in [2.05, 4.69) is 37.9 Å². The molecule has 1 heterocycles. The molecule has 0 aromatic rings. The van der Waals surface area contributed by atoms with Crippen molar-refractivity contribution in [3.05, 3.63) is 0 Å². The minimum Gasteiger partial charge on any atom is -0.383 e. The molecule has 0 bridgehead atoms. The number of nitrogens with zero attached hydrogens (tertiary/aromatic N) is 1. The molecular formula is C16H32N2O. The number of hydrogen-bond donors (Lipinski definition) is 1. The van der Waals surface area contributed by atoms with Crippen LogP contribution in [0.4, 0.5) is 0 Å². The van der Waals surface area contributed by atoms with Gasteiger partial charge in [0.2, 0.25) is 0 Å². The smallest absolute Gasteiger partial charge is 0.0615 e. The van der Waals surface area contributed by atoms with Crippen molar-refractivity contribution in [1.82, 2.24) is 10.2 Å². The van der Waals surface area contributed by atoms with Crippen LogP contribution in [0.25, 0.3) is 0 Å². The zero-order chi connectivity index (χ0) is 14.0. The van der Waals surface area contributed by atoms with E-state index in [-0.39, 0.29) is 0 Å². The average molecular weight is 268 g/mol. The number of methoxy groups -OCH3 is 1. The molecule has 1 N–H and O–H groups in total. The molecule has 3 nitrogen and oxygen atoms in total. The van der Waals surface area contributed by atoms with Crippen molar-refractivity contribution in [3.63, 3.8) is 0 Å². The van der Waals surface area contributed by atoms with Gasteiger partial charge in [0.25, 0.3) is 0 Å². The van der Waals surface area contributed by atoms with Crippen molar-refractivity contribution in [2.24, 2.45) is 11.8 Å². The second-order valence-corrected chi connectivity index (χ2v) is 7.30. The Kier molecular flexibility index (Phi) is 4.91. The van der Waals surface area contributed by atoms with Gasteiger partial charge in [0.1, 0.15) is 0 Å². The Morgan fingerprint density at radius 1 is 1.32 bits per heavy atom. The number of piperazine rings is 1. The molecule has 0 radical (unpaired) electrons. The Morgan fingerprint density at radius 3 is 2.53 bits per heavy atom. The fourth-order valence-corrected chi connectivity index (χ4v) is 3.79. The highest BCUT2D eigenvalue weighted by molar-refractivity contribution is 5.06. The second kappa shape index (κ2) is 6.11. The normalized spacial score (nSPS) is 34.7. The molecular weight excluding hydrogens is 236 g/mol. The van der Waals surface area contributed by atoms with Crippen LogP contribution in [0.1, 0.15) is 47.0 Å². The molecule has 3 heteroatoms. The van der Waals surface area contributed by atoms with Crippen LogP contribution in [0.5, 0.6) is 0 Å². The predicted molar refractivity (Wildman–Crippen MR) is 80.4 cm³/mol. The molecule has 1 aliphatic heterocycles. The molecule has 19 heavy (non-hydrogen) atoms. The third kappa shape index (κ3) is 3.50. The van der Waals surface area contributed by atoms with E-state index < -0.39 is 0 Å². The van der Waals surface area contributed by atoms with Gasteiger partial charge in [-0.05, 0) is 44.9 Å². The van der Waals surface area contributed by atoms with Gasteiger partial charge in [-0.15, -0.1) is 0 Å². The molecule has 3 unspecified atom stereocenters. The van der Waals surface area contributed by atoms with Gasteiger partial charge in [-0.2, -0.15) is 0 Å². The summed E-state index contributed by atoms with van der Waals surface area (Å²) >= 11 is 0. The minimum absolute atomic E-state index is 0.339. The van der Waals surface area contributed by atoms with E-state index in [4.69, 9.17) is 4.74 Å². The van der Waals surface area contributed by atoms with Gasteiger partial charge < -0.3 is 10.1 Å². The summed E-state index contributed by atoms with van der Waals surface area (Å²) in [6.07, 6.45) is 4.09. The minimum atomic E-state index is 0.339. The van der Waals surface area contributed by atoms with Gasteiger partial charge in [0.05, 0.1) is 6.61 Å². The van der Waals surface area contributed by atoms with E-state index >= 15 is 0 Å². The maximum absolute atomic E-state index is 5.40. The lowest BCUT2D eigenvalue weighted by molar-refractivity contribution is -0.0238. The lowest BCUT2D eigenvalue weighted by Crippen LogP contribution is -2.67. The highest BCUT2D eigenvalue weighted by atomic mass is 16.5. The average Bonchev–Trinajstić information content (AvgIpc) is 3.15. The molecule has 0 aromatic heterocycles. The first-order valence-corrected chi connectivity index (χ1v) is 7.96. The van der Waals surface area contributed by atoms with E-state index in [1.54, 1.807) is 0 Å². The van der Waals surface area contributed by atoms with Gasteiger partial charge in [-0.3, -0.25) is 4.90 Å². The van der Waals surface area contributed by atoms with Crippen LogP contribution in [0.3, 0.4) is 0 Å². The maximum Gasteiger partial charge on any atom is 0.0615 e. The van der Waals surface area contributed by atoms with Crippen molar-refractivity contribution >= 4 is 0 Å². The highest BCUT2D eigenvalue weighted by Gasteiger charge is 2.49. The summed E-state index contributed by atoms with van der Waals surface area (Å²) in [5, 5.41) is 3.81. The quantitative estimate of drug-likeness (QED) is 0.801. The van der Waals surface area contributed by atoms with Crippen molar-refractivity contribution in [2.75, 3.05) is 26.8 Å². The van der Waals surface area contributed by atoms with E-state index in [0.29, 0.717) is 17.6 Å². The number of hydrogen-bond acceptors (Lipinski definition) is 3. The molecule has 3 atom stereocenters. The van der Waals surface area contributed by atoms with Gasteiger partial charge >= 0.3 is 0 Å². The van der Waals surface area contributed by atoms with E-state index in [1.165, 1.54) is 25.8 Å². The van der Waals surface area contributed by atoms with Crippen LogP contribution in [-0.4, -0.2) is 49.3 Å². The zero-order valence-electron chi connectivity index (χ0n) is 13.4. The van der Waals surface area contributed by atoms with E-state index in [9.17, 15) is 0 Å². The largest absolute Gasteiger partial charge is 0.383 e. The van der Waals surface area contributed by atoms with Crippen LogP contribution in [0.15, 0.2) is 0 Å². The molecule has 2 fully saturated rings. The summed E-state index contributed by atoms with van der Waals surface area (Å²) in [7, 11) is 1.82. The van der Waals surface area contributed by atoms with Crippen LogP contribution in [0, 0.1) is 11.8 Å². The summed E-state index contributed by atoms with van der Waals surface area (Å²) in [6.45, 7) is 12.6. The Labute approximate surface area is 119 Å². The van der Waals surface area contributed by atoms with E-state index in [1.807, 2.05) is 7.11 Å². The number of ether oxygens (including phenoxy) is 1. The molecule has 2 rings (SSSR count). The van der Waals surface area contributed by atoms with Crippen LogP contribution in [0.2, 0.25) is 0 Å². The number of rotatable bonds is 6. The van der Waals surface area contributed by atoms with Crippen molar-refractivity contribution in [2.45, 2.75) is 64.6 Å². The SMILES string of the molecule is COCC(C)N1CC(CC(C)C)NCC1(C)C1CC1. The first-order chi connectivity index (χ1) is 8.97. The van der Waals surface area contributed by atoms with Crippen LogP contribution >= 0.6 is 0 Å². The summed E-state index contributed by atoms with van der Waals surface area (Å²) in [4.78, 5) is 2.73. The molecule has 1 saturated heterocycles. The molecule has 0 spiro atoms. The fourth-order valence-electron chi connectivity index (χ4n) is 3.79. The zero-order valence-corrected chi connectivity index (χ0v) is 13.4. The predicted octanol–water partition coefficient (Wildman–Crippen LogP) is 2.51. The van der Waals surface area contributed by atoms with Crippen LogP contribution in [-0.2, 0) is 4.74 Å². The second-order valence-electron chi connectivity index (χ2n) is 7.30. The number of nitrogens with one attached hydrogen (secondary N) is 1. The molecule has 1 saturated carbocycles. The molecule has 0 aromatic carbocycles. The topological polar surface area (TPSA) is 24.5 Å². The molecule has 0 amide bonds. The van der Waals surface area contributed by atoms with Crippen molar-refractivity contribution in [1.29, 1.82) is 0 Å². The standard InChI is InChI=1S/C16H32N2O/c1-12(2)8-15-9-18(13(3)10-19-5)16(4,11-17-15)14-6-7-14/h12-15,17H,6-11H2,1-5H3. The molecule has 1 aliphatic carbocycles.